The molecule has 15 heavy (non-hydrogen) atoms. The third-order valence-corrected chi connectivity index (χ3v) is 3.07. The second-order valence-corrected chi connectivity index (χ2v) is 4.09. The summed E-state index contributed by atoms with van der Waals surface area (Å²) in [7, 11) is 0. The second kappa shape index (κ2) is 3.06. The summed E-state index contributed by atoms with van der Waals surface area (Å²) in [5.41, 5.74) is 7.44. The number of aromatic nitrogens is 3. The highest BCUT2D eigenvalue weighted by atomic mass is 32.1. The zero-order valence-electron chi connectivity index (χ0n) is 7.79. The van der Waals surface area contributed by atoms with Gasteiger partial charge in [0.1, 0.15) is 0 Å². The zero-order chi connectivity index (χ0) is 10.3. The number of pyridine rings is 1. The number of fused-ring (bicyclic) bond motifs is 1. The normalized spacial score (nSPS) is 10.9. The van der Waals surface area contributed by atoms with E-state index in [0.29, 0.717) is 5.95 Å². The minimum Gasteiger partial charge on any atom is -0.366 e. The first kappa shape index (κ1) is 8.43. The van der Waals surface area contributed by atoms with E-state index in [9.17, 15) is 0 Å². The molecule has 2 N–H and O–H groups in total. The smallest absolute Gasteiger partial charge is 0.240 e. The first-order chi connectivity index (χ1) is 7.34. The number of rotatable bonds is 1. The summed E-state index contributed by atoms with van der Waals surface area (Å²) in [5, 5.41) is 6.11. The molecule has 0 aliphatic carbocycles. The molecule has 0 aliphatic rings. The predicted molar refractivity (Wildman–Crippen MR) is 60.7 cm³/mol. The molecule has 3 heterocycles. The van der Waals surface area contributed by atoms with E-state index >= 15 is 0 Å². The number of hydrogen-bond acceptors (Lipinski definition) is 4. The molecule has 3 aromatic heterocycles. The number of anilines is 1. The van der Waals surface area contributed by atoms with E-state index < -0.39 is 0 Å². The van der Waals surface area contributed by atoms with Gasteiger partial charge in [0.2, 0.25) is 5.95 Å². The Balaban J connectivity index is 2.35. The minimum absolute atomic E-state index is 0.305. The molecule has 0 aromatic carbocycles. The molecule has 0 aliphatic heterocycles. The van der Waals surface area contributed by atoms with Crippen LogP contribution in [0.5, 0.6) is 0 Å². The van der Waals surface area contributed by atoms with Crippen molar-refractivity contribution in [2.75, 3.05) is 5.73 Å². The fourth-order valence-electron chi connectivity index (χ4n) is 1.55. The first-order valence-corrected chi connectivity index (χ1v) is 5.37. The van der Waals surface area contributed by atoms with Crippen LogP contribution in [0.25, 0.3) is 16.1 Å². The van der Waals surface area contributed by atoms with E-state index in [2.05, 4.69) is 16.1 Å². The largest absolute Gasteiger partial charge is 0.366 e. The summed E-state index contributed by atoms with van der Waals surface area (Å²) in [6, 6.07) is 8.04. The van der Waals surface area contributed by atoms with Crippen LogP contribution < -0.4 is 5.73 Å². The average molecular weight is 216 g/mol. The maximum Gasteiger partial charge on any atom is 0.240 e. The van der Waals surface area contributed by atoms with Crippen molar-refractivity contribution in [2.45, 2.75) is 0 Å². The Labute approximate surface area is 90.0 Å². The van der Waals surface area contributed by atoms with Crippen LogP contribution in [0, 0.1) is 0 Å². The van der Waals surface area contributed by atoms with Crippen LogP contribution in [-0.2, 0) is 0 Å². The Hall–Kier alpha value is -1.88. The number of hydrogen-bond donors (Lipinski definition) is 1. The van der Waals surface area contributed by atoms with Gasteiger partial charge in [-0.25, -0.2) is 4.52 Å². The van der Waals surface area contributed by atoms with Crippen LogP contribution in [0.15, 0.2) is 35.8 Å². The molecular formula is C10H8N4S. The molecule has 0 atom stereocenters. The van der Waals surface area contributed by atoms with Gasteiger partial charge in [-0.1, -0.05) is 6.07 Å². The van der Waals surface area contributed by atoms with Crippen molar-refractivity contribution in [1.29, 1.82) is 0 Å². The SMILES string of the molecule is Nc1nc2c(-c3cccs3)cccn2n1. The van der Waals surface area contributed by atoms with Crippen molar-refractivity contribution >= 4 is 22.9 Å². The molecule has 0 amide bonds. The van der Waals surface area contributed by atoms with Crippen LogP contribution in [-0.4, -0.2) is 14.6 Å². The van der Waals surface area contributed by atoms with E-state index in [4.69, 9.17) is 5.73 Å². The lowest BCUT2D eigenvalue weighted by molar-refractivity contribution is 0.969. The summed E-state index contributed by atoms with van der Waals surface area (Å²) in [6.45, 7) is 0. The molecule has 5 heteroatoms. The Morgan fingerprint density at radius 1 is 1.27 bits per heavy atom. The van der Waals surface area contributed by atoms with Crippen molar-refractivity contribution in [1.82, 2.24) is 14.6 Å². The number of thiophene rings is 1. The standard InChI is InChI=1S/C10H8N4S/c11-10-12-9-7(8-4-2-6-15-8)3-1-5-14(9)13-10/h1-6H,(H2,11,13). The number of nitrogens with two attached hydrogens (primary N) is 1. The summed E-state index contributed by atoms with van der Waals surface area (Å²) < 4.78 is 1.70. The van der Waals surface area contributed by atoms with Gasteiger partial charge in [0.15, 0.2) is 5.65 Å². The highest BCUT2D eigenvalue weighted by Crippen LogP contribution is 2.27. The highest BCUT2D eigenvalue weighted by molar-refractivity contribution is 7.13. The predicted octanol–water partition coefficient (Wildman–Crippen LogP) is 2.04. The molecule has 0 saturated heterocycles. The van der Waals surface area contributed by atoms with Crippen LogP contribution in [0.4, 0.5) is 5.95 Å². The van der Waals surface area contributed by atoms with Gasteiger partial charge < -0.3 is 5.73 Å². The maximum atomic E-state index is 5.57. The Morgan fingerprint density at radius 2 is 2.20 bits per heavy atom. The monoisotopic (exact) mass is 216 g/mol. The molecule has 0 spiro atoms. The third kappa shape index (κ3) is 1.28. The second-order valence-electron chi connectivity index (χ2n) is 3.14. The molecule has 4 nitrogen and oxygen atoms in total. The van der Waals surface area contributed by atoms with Gasteiger partial charge in [-0.15, -0.1) is 16.4 Å². The number of nitrogens with zero attached hydrogens (tertiary/aromatic N) is 3. The number of nitrogen functional groups attached to an aromatic ring is 1. The molecular weight excluding hydrogens is 208 g/mol. The Morgan fingerprint density at radius 3 is 3.00 bits per heavy atom. The molecule has 74 valence electrons. The van der Waals surface area contributed by atoms with Crippen LogP contribution in [0.1, 0.15) is 0 Å². The fourth-order valence-corrected chi connectivity index (χ4v) is 2.29. The average Bonchev–Trinajstić information content (AvgIpc) is 2.82. The quantitative estimate of drug-likeness (QED) is 0.677. The van der Waals surface area contributed by atoms with Crippen molar-refractivity contribution < 1.29 is 0 Å². The minimum atomic E-state index is 0.305. The van der Waals surface area contributed by atoms with Crippen LogP contribution in [0.3, 0.4) is 0 Å². The first-order valence-electron chi connectivity index (χ1n) is 4.49. The Kier molecular flexibility index (Phi) is 1.72. The summed E-state index contributed by atoms with van der Waals surface area (Å²) in [5.74, 6) is 0.305. The van der Waals surface area contributed by atoms with Gasteiger partial charge in [0.25, 0.3) is 0 Å². The lowest BCUT2D eigenvalue weighted by atomic mass is 10.2. The van der Waals surface area contributed by atoms with Gasteiger partial charge >= 0.3 is 0 Å². The van der Waals surface area contributed by atoms with Gasteiger partial charge in [-0.05, 0) is 23.6 Å². The van der Waals surface area contributed by atoms with Crippen molar-refractivity contribution in [2.24, 2.45) is 0 Å². The molecule has 0 radical (unpaired) electrons. The maximum absolute atomic E-state index is 5.57. The highest BCUT2D eigenvalue weighted by Gasteiger charge is 2.07. The summed E-state index contributed by atoms with van der Waals surface area (Å²) in [6.07, 6.45) is 1.84. The fraction of sp³-hybridized carbons (Fsp3) is 0. The zero-order valence-corrected chi connectivity index (χ0v) is 8.61. The van der Waals surface area contributed by atoms with E-state index in [-0.39, 0.29) is 0 Å². The van der Waals surface area contributed by atoms with Gasteiger partial charge in [-0.2, -0.15) is 4.98 Å². The van der Waals surface area contributed by atoms with E-state index in [0.717, 1.165) is 11.2 Å². The van der Waals surface area contributed by atoms with Crippen molar-refractivity contribution in [3.05, 3.63) is 35.8 Å². The van der Waals surface area contributed by atoms with Crippen molar-refractivity contribution in [3.8, 4) is 10.4 Å². The van der Waals surface area contributed by atoms with Crippen LogP contribution >= 0.6 is 11.3 Å². The molecule has 0 bridgehead atoms. The van der Waals surface area contributed by atoms with Gasteiger partial charge in [0, 0.05) is 16.6 Å². The topological polar surface area (TPSA) is 56.2 Å². The van der Waals surface area contributed by atoms with Gasteiger partial charge in [0.05, 0.1) is 0 Å². The molecule has 3 aromatic rings. The molecule has 0 fully saturated rings. The van der Waals surface area contributed by atoms with E-state index in [1.165, 1.54) is 4.88 Å². The third-order valence-electron chi connectivity index (χ3n) is 2.17. The van der Waals surface area contributed by atoms with E-state index in [1.54, 1.807) is 15.9 Å². The summed E-state index contributed by atoms with van der Waals surface area (Å²) in [4.78, 5) is 5.38. The Bertz CT molecular complexity index is 597. The lowest BCUT2D eigenvalue weighted by Crippen LogP contribution is -1.89. The van der Waals surface area contributed by atoms with Crippen LogP contribution in [0.2, 0.25) is 0 Å². The summed E-state index contributed by atoms with van der Waals surface area (Å²) >= 11 is 1.68. The lowest BCUT2D eigenvalue weighted by Gasteiger charge is -1.98. The van der Waals surface area contributed by atoms with E-state index in [1.807, 2.05) is 29.8 Å². The molecule has 0 saturated carbocycles. The molecule has 3 rings (SSSR count). The van der Waals surface area contributed by atoms with Gasteiger partial charge in [-0.3, -0.25) is 0 Å². The molecule has 0 unspecified atom stereocenters. The van der Waals surface area contributed by atoms with Crippen molar-refractivity contribution in [3.63, 3.8) is 0 Å².